The standard InChI is InChI=1S/C20H26N2O3/c23-18-11-10-16(21-18)19(24)22-13-12-20(25,14-6-2-1-3-7-14)15-8-4-5-9-17(15)22/h1-3,6-7,15-17,25H,4-5,8-13H2,(H,21,23)/t15-,16?,17+,20?/m0/s1. The van der Waals surface area contributed by atoms with Crippen LogP contribution in [0.25, 0.3) is 0 Å². The summed E-state index contributed by atoms with van der Waals surface area (Å²) < 4.78 is 0. The van der Waals surface area contributed by atoms with Crippen molar-refractivity contribution in [2.24, 2.45) is 5.92 Å². The predicted octanol–water partition coefficient (Wildman–Crippen LogP) is 1.94. The van der Waals surface area contributed by atoms with Gasteiger partial charge < -0.3 is 15.3 Å². The Balaban J connectivity index is 1.60. The van der Waals surface area contributed by atoms with Crippen LogP contribution in [0, 0.1) is 5.92 Å². The molecule has 2 heterocycles. The summed E-state index contributed by atoms with van der Waals surface area (Å²) in [5.41, 5.74) is 0.107. The summed E-state index contributed by atoms with van der Waals surface area (Å²) in [6, 6.07) is 9.59. The molecule has 5 nitrogen and oxygen atoms in total. The highest BCUT2D eigenvalue weighted by molar-refractivity contribution is 5.91. The minimum Gasteiger partial charge on any atom is -0.385 e. The zero-order valence-corrected chi connectivity index (χ0v) is 14.5. The van der Waals surface area contributed by atoms with Crippen molar-refractivity contribution in [3.05, 3.63) is 35.9 Å². The minimum absolute atomic E-state index is 0.0312. The molecular weight excluding hydrogens is 316 g/mol. The summed E-state index contributed by atoms with van der Waals surface area (Å²) >= 11 is 0. The molecule has 0 bridgehead atoms. The number of carbonyl (C=O) groups is 2. The van der Waals surface area contributed by atoms with Gasteiger partial charge >= 0.3 is 0 Å². The fourth-order valence-corrected chi connectivity index (χ4v) is 5.04. The Kier molecular flexibility index (Phi) is 4.28. The third kappa shape index (κ3) is 2.84. The van der Waals surface area contributed by atoms with Gasteiger partial charge in [-0.25, -0.2) is 0 Å². The molecule has 5 heteroatoms. The Hall–Kier alpha value is -1.88. The molecule has 0 aromatic heterocycles. The fourth-order valence-electron chi connectivity index (χ4n) is 5.04. The lowest BCUT2D eigenvalue weighted by Gasteiger charge is -2.53. The van der Waals surface area contributed by atoms with Gasteiger partial charge in [0.25, 0.3) is 0 Å². The van der Waals surface area contributed by atoms with Crippen molar-refractivity contribution in [2.75, 3.05) is 6.54 Å². The Morgan fingerprint density at radius 1 is 1.16 bits per heavy atom. The van der Waals surface area contributed by atoms with E-state index in [2.05, 4.69) is 5.32 Å². The normalized spacial score (nSPS) is 35.2. The second-order valence-corrected chi connectivity index (χ2v) is 7.69. The number of nitrogens with one attached hydrogen (secondary N) is 1. The summed E-state index contributed by atoms with van der Waals surface area (Å²) in [6.45, 7) is 0.553. The fraction of sp³-hybridized carbons (Fsp3) is 0.600. The van der Waals surface area contributed by atoms with E-state index in [1.54, 1.807) is 0 Å². The van der Waals surface area contributed by atoms with Crippen LogP contribution in [0.2, 0.25) is 0 Å². The SMILES string of the molecule is O=C1CCC(C(=O)N2CCC(O)(c3ccccc3)[C@H]3CCCC[C@H]32)N1. The Morgan fingerprint density at radius 2 is 1.92 bits per heavy atom. The van der Waals surface area contributed by atoms with E-state index in [1.165, 1.54) is 0 Å². The largest absolute Gasteiger partial charge is 0.385 e. The molecule has 4 atom stereocenters. The molecular formula is C20H26N2O3. The topological polar surface area (TPSA) is 69.6 Å². The first-order chi connectivity index (χ1) is 12.1. The van der Waals surface area contributed by atoms with Crippen LogP contribution in [0.1, 0.15) is 50.5 Å². The molecule has 3 aliphatic rings. The average Bonchev–Trinajstić information content (AvgIpc) is 3.09. The summed E-state index contributed by atoms with van der Waals surface area (Å²) in [6.07, 6.45) is 5.65. The third-order valence-corrected chi connectivity index (χ3v) is 6.33. The zero-order valence-electron chi connectivity index (χ0n) is 14.5. The molecule has 134 valence electrons. The predicted molar refractivity (Wildman–Crippen MR) is 93.6 cm³/mol. The van der Waals surface area contributed by atoms with Crippen molar-refractivity contribution in [3.8, 4) is 0 Å². The van der Waals surface area contributed by atoms with Crippen LogP contribution in [0.4, 0.5) is 0 Å². The highest BCUT2D eigenvalue weighted by Crippen LogP contribution is 2.47. The lowest BCUT2D eigenvalue weighted by Crippen LogP contribution is -2.61. The van der Waals surface area contributed by atoms with Gasteiger partial charge in [0.05, 0.1) is 5.60 Å². The van der Waals surface area contributed by atoms with Crippen molar-refractivity contribution < 1.29 is 14.7 Å². The van der Waals surface area contributed by atoms with Crippen LogP contribution in [-0.2, 0) is 15.2 Å². The number of carbonyl (C=O) groups excluding carboxylic acids is 2. The van der Waals surface area contributed by atoms with Gasteiger partial charge in [0, 0.05) is 24.9 Å². The van der Waals surface area contributed by atoms with Crippen LogP contribution in [0.15, 0.2) is 30.3 Å². The molecule has 4 rings (SSSR count). The molecule has 1 aromatic rings. The maximum Gasteiger partial charge on any atom is 0.245 e. The van der Waals surface area contributed by atoms with Crippen LogP contribution in [0.3, 0.4) is 0 Å². The molecule has 2 N–H and O–H groups in total. The Bertz CT molecular complexity index is 662. The van der Waals surface area contributed by atoms with E-state index >= 15 is 0 Å². The first-order valence-electron chi connectivity index (χ1n) is 9.47. The summed E-state index contributed by atoms with van der Waals surface area (Å²) in [5.74, 6) is 0.0765. The van der Waals surface area contributed by atoms with Gasteiger partial charge in [-0.2, -0.15) is 0 Å². The van der Waals surface area contributed by atoms with Crippen molar-refractivity contribution in [2.45, 2.75) is 62.6 Å². The number of nitrogens with zero attached hydrogens (tertiary/aromatic N) is 1. The van der Waals surface area contributed by atoms with Gasteiger partial charge in [0.15, 0.2) is 0 Å². The molecule has 2 amide bonds. The van der Waals surface area contributed by atoms with Crippen molar-refractivity contribution in [1.82, 2.24) is 10.2 Å². The van der Waals surface area contributed by atoms with Gasteiger partial charge in [-0.3, -0.25) is 9.59 Å². The number of fused-ring (bicyclic) bond motifs is 1. The smallest absolute Gasteiger partial charge is 0.245 e. The van der Waals surface area contributed by atoms with Gasteiger partial charge in [0.2, 0.25) is 11.8 Å². The molecule has 0 spiro atoms. The highest BCUT2D eigenvalue weighted by atomic mass is 16.3. The number of hydrogen-bond acceptors (Lipinski definition) is 3. The molecule has 2 saturated heterocycles. The third-order valence-electron chi connectivity index (χ3n) is 6.33. The van der Waals surface area contributed by atoms with Gasteiger partial charge in [-0.1, -0.05) is 43.2 Å². The second kappa shape index (κ2) is 6.45. The number of piperidine rings is 1. The minimum atomic E-state index is -0.859. The molecule has 3 fully saturated rings. The van der Waals surface area contributed by atoms with Crippen molar-refractivity contribution >= 4 is 11.8 Å². The number of amides is 2. The molecule has 1 aromatic carbocycles. The van der Waals surface area contributed by atoms with Crippen molar-refractivity contribution in [1.29, 1.82) is 0 Å². The first kappa shape index (κ1) is 16.6. The quantitative estimate of drug-likeness (QED) is 0.863. The molecule has 2 unspecified atom stereocenters. The van der Waals surface area contributed by atoms with Crippen LogP contribution < -0.4 is 5.32 Å². The van der Waals surface area contributed by atoms with Crippen molar-refractivity contribution in [3.63, 3.8) is 0 Å². The number of hydrogen-bond donors (Lipinski definition) is 2. The number of likely N-dealkylation sites (tertiary alicyclic amines) is 1. The van der Waals surface area contributed by atoms with Crippen LogP contribution in [-0.4, -0.2) is 40.4 Å². The maximum atomic E-state index is 13.0. The van der Waals surface area contributed by atoms with Gasteiger partial charge in [-0.15, -0.1) is 0 Å². The van der Waals surface area contributed by atoms with Crippen LogP contribution in [0.5, 0.6) is 0 Å². The average molecular weight is 342 g/mol. The van der Waals surface area contributed by atoms with Crippen LogP contribution >= 0.6 is 0 Å². The van der Waals surface area contributed by atoms with E-state index in [-0.39, 0.29) is 29.8 Å². The van der Waals surface area contributed by atoms with E-state index in [0.717, 1.165) is 31.2 Å². The molecule has 25 heavy (non-hydrogen) atoms. The van der Waals surface area contributed by atoms with E-state index in [9.17, 15) is 14.7 Å². The van der Waals surface area contributed by atoms with E-state index in [4.69, 9.17) is 0 Å². The Labute approximate surface area is 148 Å². The van der Waals surface area contributed by atoms with Gasteiger partial charge in [0.1, 0.15) is 6.04 Å². The second-order valence-electron chi connectivity index (χ2n) is 7.69. The Morgan fingerprint density at radius 3 is 2.64 bits per heavy atom. The first-order valence-corrected chi connectivity index (χ1v) is 9.47. The lowest BCUT2D eigenvalue weighted by atomic mass is 9.66. The lowest BCUT2D eigenvalue weighted by molar-refractivity contribution is -0.156. The number of rotatable bonds is 2. The maximum absolute atomic E-state index is 13.0. The molecule has 0 radical (unpaired) electrons. The number of aliphatic hydroxyl groups is 1. The van der Waals surface area contributed by atoms with E-state index in [1.807, 2.05) is 35.2 Å². The molecule has 1 aliphatic carbocycles. The molecule has 2 aliphatic heterocycles. The monoisotopic (exact) mass is 342 g/mol. The van der Waals surface area contributed by atoms with E-state index < -0.39 is 5.60 Å². The summed E-state index contributed by atoms with van der Waals surface area (Å²) in [7, 11) is 0. The van der Waals surface area contributed by atoms with Gasteiger partial charge in [-0.05, 0) is 31.2 Å². The zero-order chi connectivity index (χ0) is 17.4. The molecule has 1 saturated carbocycles. The number of benzene rings is 1. The van der Waals surface area contributed by atoms with E-state index in [0.29, 0.717) is 25.8 Å². The highest BCUT2D eigenvalue weighted by Gasteiger charge is 2.51. The summed E-state index contributed by atoms with van der Waals surface area (Å²) in [5, 5.41) is 14.3. The summed E-state index contributed by atoms with van der Waals surface area (Å²) in [4.78, 5) is 26.4.